The first kappa shape index (κ1) is 20.5. The van der Waals surface area contributed by atoms with Crippen LogP contribution in [0.1, 0.15) is 5.56 Å². The molecule has 1 amide bonds. The topological polar surface area (TPSA) is 133 Å². The van der Waals surface area contributed by atoms with E-state index < -0.39 is 10.8 Å². The fourth-order valence-corrected chi connectivity index (χ4v) is 2.85. The van der Waals surface area contributed by atoms with E-state index in [0.717, 1.165) is 0 Å². The van der Waals surface area contributed by atoms with E-state index in [1.54, 1.807) is 24.3 Å². The molecule has 1 aliphatic rings. The van der Waals surface area contributed by atoms with Crippen LogP contribution in [0.15, 0.2) is 35.9 Å². The van der Waals surface area contributed by atoms with Gasteiger partial charge in [-0.25, -0.2) is 0 Å². The number of rotatable bonds is 6. The molecule has 30 heavy (non-hydrogen) atoms. The van der Waals surface area contributed by atoms with Gasteiger partial charge in [0.25, 0.3) is 11.6 Å². The molecule has 0 fully saturated rings. The molecule has 10 heteroatoms. The number of hydrogen-bond acceptors (Lipinski definition) is 8. The van der Waals surface area contributed by atoms with Crippen LogP contribution in [-0.2, 0) is 4.79 Å². The van der Waals surface area contributed by atoms with Crippen LogP contribution in [-0.4, -0.2) is 38.3 Å². The van der Waals surface area contributed by atoms with Crippen molar-refractivity contribution in [3.05, 3.63) is 51.6 Å². The molecular formula is C20H17N3O7. The molecule has 0 atom stereocenters. The lowest BCUT2D eigenvalue weighted by Crippen LogP contribution is -2.18. The SMILES string of the molecule is COc1cccc(/C=C(\C#N)C(=O)Nc2cc3c(cc2[N+](=O)[O-])OCCO3)c1OC. The average molecular weight is 411 g/mol. The zero-order chi connectivity index (χ0) is 21.7. The molecule has 2 aromatic carbocycles. The van der Waals surface area contributed by atoms with Crippen molar-refractivity contribution < 1.29 is 28.7 Å². The molecule has 10 nitrogen and oxygen atoms in total. The van der Waals surface area contributed by atoms with Crippen molar-refractivity contribution in [2.75, 3.05) is 32.8 Å². The molecule has 0 spiro atoms. The first-order valence-corrected chi connectivity index (χ1v) is 8.70. The quantitative estimate of drug-likeness (QED) is 0.332. The van der Waals surface area contributed by atoms with Crippen LogP contribution in [0.2, 0.25) is 0 Å². The van der Waals surface area contributed by atoms with Gasteiger partial charge in [0.15, 0.2) is 23.0 Å². The van der Waals surface area contributed by atoms with E-state index in [0.29, 0.717) is 17.1 Å². The Bertz CT molecular complexity index is 1070. The number of nitrogens with zero attached hydrogens (tertiary/aromatic N) is 2. The molecule has 1 aliphatic heterocycles. The molecule has 0 unspecified atom stereocenters. The fourth-order valence-electron chi connectivity index (χ4n) is 2.85. The Kier molecular flexibility index (Phi) is 6.03. The highest BCUT2D eigenvalue weighted by molar-refractivity contribution is 6.10. The van der Waals surface area contributed by atoms with Gasteiger partial charge in [-0.2, -0.15) is 5.26 Å². The van der Waals surface area contributed by atoms with E-state index in [1.165, 1.54) is 32.4 Å². The minimum absolute atomic E-state index is 0.118. The predicted molar refractivity (Wildman–Crippen MR) is 106 cm³/mol. The van der Waals surface area contributed by atoms with Crippen molar-refractivity contribution >= 4 is 23.4 Å². The number of carbonyl (C=O) groups is 1. The summed E-state index contributed by atoms with van der Waals surface area (Å²) in [5, 5.41) is 23.3. The number of para-hydroxylation sites is 1. The molecule has 1 heterocycles. The molecule has 0 radical (unpaired) electrons. The minimum atomic E-state index is -0.831. The molecular weight excluding hydrogens is 394 g/mol. The summed E-state index contributed by atoms with van der Waals surface area (Å²) in [6.07, 6.45) is 1.31. The lowest BCUT2D eigenvalue weighted by atomic mass is 10.1. The van der Waals surface area contributed by atoms with Crippen LogP contribution in [0.3, 0.4) is 0 Å². The van der Waals surface area contributed by atoms with Gasteiger partial charge in [0.05, 0.1) is 25.2 Å². The Morgan fingerprint density at radius 1 is 1.23 bits per heavy atom. The van der Waals surface area contributed by atoms with Gasteiger partial charge in [-0.1, -0.05) is 12.1 Å². The molecule has 1 N–H and O–H groups in total. The van der Waals surface area contributed by atoms with E-state index in [9.17, 15) is 20.2 Å². The van der Waals surface area contributed by atoms with E-state index in [-0.39, 0.29) is 41.7 Å². The minimum Gasteiger partial charge on any atom is -0.493 e. The summed E-state index contributed by atoms with van der Waals surface area (Å²) in [6.45, 7) is 0.538. The summed E-state index contributed by atoms with van der Waals surface area (Å²) in [5.41, 5.74) is -0.358. The average Bonchev–Trinajstić information content (AvgIpc) is 2.76. The second-order valence-electron chi connectivity index (χ2n) is 5.98. The van der Waals surface area contributed by atoms with Crippen molar-refractivity contribution in [1.82, 2.24) is 0 Å². The fraction of sp³-hybridized carbons (Fsp3) is 0.200. The Morgan fingerprint density at radius 3 is 2.53 bits per heavy atom. The van der Waals surface area contributed by atoms with E-state index in [4.69, 9.17) is 18.9 Å². The molecule has 154 valence electrons. The first-order valence-electron chi connectivity index (χ1n) is 8.70. The molecule has 3 rings (SSSR count). The third kappa shape index (κ3) is 4.10. The van der Waals surface area contributed by atoms with Gasteiger partial charge < -0.3 is 24.3 Å². The smallest absolute Gasteiger partial charge is 0.296 e. The van der Waals surface area contributed by atoms with E-state index in [2.05, 4.69) is 5.32 Å². The summed E-state index contributed by atoms with van der Waals surface area (Å²) >= 11 is 0. The largest absolute Gasteiger partial charge is 0.493 e. The normalized spacial score (nSPS) is 12.5. The number of carbonyl (C=O) groups excluding carboxylic acids is 1. The number of nitro groups is 1. The Hall–Kier alpha value is -4.26. The summed E-state index contributed by atoms with van der Waals surface area (Å²) in [5.74, 6) is 0.404. The predicted octanol–water partition coefficient (Wildman–Crippen LogP) is 2.93. The number of nitro benzene ring substituents is 1. The number of fused-ring (bicyclic) bond motifs is 1. The van der Waals surface area contributed by atoms with Crippen LogP contribution in [0.4, 0.5) is 11.4 Å². The van der Waals surface area contributed by atoms with Crippen molar-refractivity contribution in [2.24, 2.45) is 0 Å². The number of nitriles is 1. The third-order valence-corrected chi connectivity index (χ3v) is 4.20. The number of ether oxygens (including phenoxy) is 4. The maximum atomic E-state index is 12.7. The van der Waals surface area contributed by atoms with Crippen LogP contribution in [0.5, 0.6) is 23.0 Å². The molecule has 2 aromatic rings. The molecule has 0 saturated heterocycles. The van der Waals surface area contributed by atoms with Crippen molar-refractivity contribution in [3.8, 4) is 29.1 Å². The second kappa shape index (κ2) is 8.83. The van der Waals surface area contributed by atoms with Gasteiger partial charge in [-0.15, -0.1) is 0 Å². The van der Waals surface area contributed by atoms with Crippen molar-refractivity contribution in [1.29, 1.82) is 5.26 Å². The van der Waals surface area contributed by atoms with Crippen molar-refractivity contribution in [3.63, 3.8) is 0 Å². The molecule has 0 saturated carbocycles. The highest BCUT2D eigenvalue weighted by Crippen LogP contribution is 2.39. The number of benzene rings is 2. The van der Waals surface area contributed by atoms with E-state index in [1.807, 2.05) is 0 Å². The summed E-state index contributed by atoms with van der Waals surface area (Å²) in [7, 11) is 2.89. The van der Waals surface area contributed by atoms with Gasteiger partial charge >= 0.3 is 0 Å². The zero-order valence-electron chi connectivity index (χ0n) is 16.1. The second-order valence-corrected chi connectivity index (χ2v) is 5.98. The Labute approximate surface area is 171 Å². The molecule has 0 aromatic heterocycles. The molecule has 0 bridgehead atoms. The highest BCUT2D eigenvalue weighted by atomic mass is 16.6. The molecule has 0 aliphatic carbocycles. The number of methoxy groups -OCH3 is 2. The lowest BCUT2D eigenvalue weighted by molar-refractivity contribution is -0.384. The number of anilines is 1. The summed E-state index contributed by atoms with van der Waals surface area (Å²) in [4.78, 5) is 23.4. The highest BCUT2D eigenvalue weighted by Gasteiger charge is 2.24. The number of nitrogens with one attached hydrogen (secondary N) is 1. The Balaban J connectivity index is 1.96. The Morgan fingerprint density at radius 2 is 1.93 bits per heavy atom. The standard InChI is InChI=1S/C20H17N3O7/c1-27-16-5-3-4-12(19(16)28-2)8-13(11-21)20(24)22-14-9-17-18(30-7-6-29-17)10-15(14)23(25)26/h3-5,8-10H,6-7H2,1-2H3,(H,22,24)/b13-8+. The van der Waals surface area contributed by atoms with Gasteiger partial charge in [0.2, 0.25) is 0 Å². The summed E-state index contributed by atoms with van der Waals surface area (Å²) in [6, 6.07) is 9.24. The van der Waals surface area contributed by atoms with Crippen molar-refractivity contribution in [2.45, 2.75) is 0 Å². The van der Waals surface area contributed by atoms with Crippen LogP contribution < -0.4 is 24.3 Å². The van der Waals surface area contributed by atoms with Crippen LogP contribution >= 0.6 is 0 Å². The number of hydrogen-bond donors (Lipinski definition) is 1. The van der Waals surface area contributed by atoms with Gasteiger partial charge in [-0.3, -0.25) is 14.9 Å². The van der Waals surface area contributed by atoms with Gasteiger partial charge in [0.1, 0.15) is 30.5 Å². The maximum absolute atomic E-state index is 12.7. The van der Waals surface area contributed by atoms with Gasteiger partial charge in [0, 0.05) is 11.6 Å². The van der Waals surface area contributed by atoms with Crippen LogP contribution in [0, 0.1) is 21.4 Å². The monoisotopic (exact) mass is 411 g/mol. The van der Waals surface area contributed by atoms with E-state index >= 15 is 0 Å². The number of amides is 1. The van der Waals surface area contributed by atoms with Crippen LogP contribution in [0.25, 0.3) is 6.08 Å². The summed E-state index contributed by atoms with van der Waals surface area (Å²) < 4.78 is 21.2. The lowest BCUT2D eigenvalue weighted by Gasteiger charge is -2.19. The third-order valence-electron chi connectivity index (χ3n) is 4.20. The van der Waals surface area contributed by atoms with Gasteiger partial charge in [-0.05, 0) is 12.1 Å². The first-order chi connectivity index (χ1) is 14.5. The zero-order valence-corrected chi connectivity index (χ0v) is 16.1. The maximum Gasteiger partial charge on any atom is 0.296 e.